The zero-order valence-electron chi connectivity index (χ0n) is 14.3. The van der Waals surface area contributed by atoms with E-state index in [0.29, 0.717) is 18.8 Å². The molecule has 2 heterocycles. The van der Waals surface area contributed by atoms with Gasteiger partial charge in [-0.2, -0.15) is 5.26 Å². The minimum Gasteiger partial charge on any atom is -0.382 e. The highest BCUT2D eigenvalue weighted by Crippen LogP contribution is 2.25. The summed E-state index contributed by atoms with van der Waals surface area (Å²) in [5.74, 6) is -0.517. The van der Waals surface area contributed by atoms with Crippen LogP contribution in [0.4, 0.5) is 15.2 Å². The third-order valence-electron chi connectivity index (χ3n) is 3.65. The van der Waals surface area contributed by atoms with Gasteiger partial charge in [0.2, 0.25) is 10.1 Å². The van der Waals surface area contributed by atoms with Gasteiger partial charge >= 0.3 is 0 Å². The summed E-state index contributed by atoms with van der Waals surface area (Å²) in [6.45, 7) is 7.47. The van der Waals surface area contributed by atoms with Gasteiger partial charge in [0.1, 0.15) is 17.4 Å². The Labute approximate surface area is 149 Å². The second-order valence-electron chi connectivity index (χ2n) is 6.64. The van der Waals surface area contributed by atoms with Gasteiger partial charge < -0.3 is 10.6 Å². The quantitative estimate of drug-likeness (QED) is 0.681. The molecule has 0 amide bonds. The van der Waals surface area contributed by atoms with Crippen LogP contribution in [0.1, 0.15) is 32.0 Å². The number of benzene rings is 1. The van der Waals surface area contributed by atoms with Crippen LogP contribution in [0.15, 0.2) is 24.4 Å². The Hall–Kier alpha value is -2.66. The Balaban J connectivity index is 1.58. The van der Waals surface area contributed by atoms with Crippen LogP contribution in [-0.4, -0.2) is 27.7 Å². The summed E-state index contributed by atoms with van der Waals surface area (Å²) in [5.41, 5.74) is 1.53. The average molecular weight is 358 g/mol. The molecule has 3 rings (SSSR count). The molecule has 8 heteroatoms. The van der Waals surface area contributed by atoms with Crippen LogP contribution >= 0.6 is 11.3 Å². The standard InChI is InChI=1S/C17H19FN6S/c1-17(2,3)14-10-24-16(22-14)25-15(23-24)21-8-7-20-13-6-4-5-12(18)11(13)9-19/h4-6,10,20H,7-8H2,1-3H3,(H,21,23). The number of nitrogens with one attached hydrogen (secondary N) is 2. The van der Waals surface area contributed by atoms with E-state index >= 15 is 0 Å². The summed E-state index contributed by atoms with van der Waals surface area (Å²) in [7, 11) is 0. The molecule has 130 valence electrons. The van der Waals surface area contributed by atoms with E-state index < -0.39 is 5.82 Å². The normalized spacial score (nSPS) is 11.5. The maximum atomic E-state index is 13.5. The number of halogens is 1. The Bertz CT molecular complexity index is 899. The van der Waals surface area contributed by atoms with Crippen molar-refractivity contribution >= 4 is 27.1 Å². The highest BCUT2D eigenvalue weighted by atomic mass is 32.1. The molecule has 0 atom stereocenters. The summed E-state index contributed by atoms with van der Waals surface area (Å²) < 4.78 is 15.3. The second-order valence-corrected chi connectivity index (χ2v) is 7.59. The fourth-order valence-corrected chi connectivity index (χ4v) is 3.09. The minimum atomic E-state index is -0.517. The summed E-state index contributed by atoms with van der Waals surface area (Å²) in [5, 5.41) is 20.5. The van der Waals surface area contributed by atoms with E-state index in [1.807, 2.05) is 12.3 Å². The van der Waals surface area contributed by atoms with Gasteiger partial charge in [0.15, 0.2) is 0 Å². The van der Waals surface area contributed by atoms with Crippen LogP contribution in [0.5, 0.6) is 0 Å². The Kier molecular flexibility index (Phi) is 4.59. The van der Waals surface area contributed by atoms with Gasteiger partial charge in [0.25, 0.3) is 0 Å². The lowest BCUT2D eigenvalue weighted by atomic mass is 9.93. The van der Waals surface area contributed by atoms with Crippen molar-refractivity contribution in [3.05, 3.63) is 41.5 Å². The Morgan fingerprint density at radius 1 is 1.28 bits per heavy atom. The monoisotopic (exact) mass is 358 g/mol. The molecule has 3 aromatic rings. The lowest BCUT2D eigenvalue weighted by Crippen LogP contribution is -2.14. The molecule has 0 saturated heterocycles. The zero-order valence-corrected chi connectivity index (χ0v) is 15.1. The molecular formula is C17H19FN6S. The second kappa shape index (κ2) is 6.69. The molecule has 0 aliphatic heterocycles. The van der Waals surface area contributed by atoms with Crippen molar-refractivity contribution in [3.8, 4) is 6.07 Å². The van der Waals surface area contributed by atoms with Gasteiger partial charge in [0.05, 0.1) is 17.6 Å². The third kappa shape index (κ3) is 3.72. The molecular weight excluding hydrogens is 339 g/mol. The maximum Gasteiger partial charge on any atom is 0.214 e. The van der Waals surface area contributed by atoms with Crippen molar-refractivity contribution in [2.45, 2.75) is 26.2 Å². The number of aromatic nitrogens is 3. The molecule has 0 spiro atoms. The maximum absolute atomic E-state index is 13.5. The highest BCUT2D eigenvalue weighted by Gasteiger charge is 2.19. The molecule has 6 nitrogen and oxygen atoms in total. The topological polar surface area (TPSA) is 78.0 Å². The number of hydrogen-bond donors (Lipinski definition) is 2. The molecule has 0 radical (unpaired) electrons. The Morgan fingerprint density at radius 2 is 2.04 bits per heavy atom. The molecule has 0 aliphatic rings. The average Bonchev–Trinajstić information content (AvgIpc) is 3.10. The molecule has 1 aromatic carbocycles. The molecule has 25 heavy (non-hydrogen) atoms. The fourth-order valence-electron chi connectivity index (χ4n) is 2.28. The van der Waals surface area contributed by atoms with Gasteiger partial charge in [-0.3, -0.25) is 0 Å². The largest absolute Gasteiger partial charge is 0.382 e. The first-order chi connectivity index (χ1) is 11.9. The van der Waals surface area contributed by atoms with Crippen molar-refractivity contribution in [2.24, 2.45) is 0 Å². The zero-order chi connectivity index (χ0) is 18.0. The number of nitriles is 1. The van der Waals surface area contributed by atoms with Gasteiger partial charge in [0, 0.05) is 18.5 Å². The van der Waals surface area contributed by atoms with E-state index in [1.165, 1.54) is 17.4 Å². The van der Waals surface area contributed by atoms with Gasteiger partial charge in [-0.1, -0.05) is 38.2 Å². The van der Waals surface area contributed by atoms with Crippen LogP contribution in [0.2, 0.25) is 0 Å². The summed E-state index contributed by atoms with van der Waals surface area (Å²) in [4.78, 5) is 5.44. The molecule has 2 aromatic heterocycles. The van der Waals surface area contributed by atoms with Crippen molar-refractivity contribution in [2.75, 3.05) is 23.7 Å². The molecule has 0 aliphatic carbocycles. The minimum absolute atomic E-state index is 0.00562. The van der Waals surface area contributed by atoms with Crippen LogP contribution in [0.3, 0.4) is 0 Å². The Morgan fingerprint density at radius 3 is 2.72 bits per heavy atom. The molecule has 0 saturated carbocycles. The van der Waals surface area contributed by atoms with E-state index in [9.17, 15) is 4.39 Å². The third-order valence-corrected chi connectivity index (χ3v) is 4.53. The molecule has 0 unspecified atom stereocenters. The fraction of sp³-hybridized carbons (Fsp3) is 0.353. The first-order valence-corrected chi connectivity index (χ1v) is 8.73. The number of anilines is 2. The van der Waals surface area contributed by atoms with Crippen LogP contribution in [-0.2, 0) is 5.41 Å². The number of imidazole rings is 1. The van der Waals surface area contributed by atoms with E-state index in [2.05, 4.69) is 41.5 Å². The number of fused-ring (bicyclic) bond motifs is 1. The van der Waals surface area contributed by atoms with E-state index in [-0.39, 0.29) is 11.0 Å². The van der Waals surface area contributed by atoms with Crippen molar-refractivity contribution < 1.29 is 4.39 Å². The van der Waals surface area contributed by atoms with Gasteiger partial charge in [-0.15, -0.1) is 5.10 Å². The predicted octanol–water partition coefficient (Wildman–Crippen LogP) is 3.62. The summed E-state index contributed by atoms with van der Waals surface area (Å²) in [6.07, 6.45) is 1.95. The smallest absolute Gasteiger partial charge is 0.214 e. The van der Waals surface area contributed by atoms with Crippen LogP contribution < -0.4 is 10.6 Å². The SMILES string of the molecule is CC(C)(C)c1cn2nc(NCCNc3cccc(F)c3C#N)sc2n1. The van der Waals surface area contributed by atoms with E-state index in [1.54, 1.807) is 16.6 Å². The van der Waals surface area contributed by atoms with Crippen molar-refractivity contribution in [1.82, 2.24) is 14.6 Å². The predicted molar refractivity (Wildman–Crippen MR) is 97.7 cm³/mol. The summed E-state index contributed by atoms with van der Waals surface area (Å²) in [6, 6.07) is 6.42. The first-order valence-electron chi connectivity index (χ1n) is 7.91. The number of hydrogen-bond acceptors (Lipinski definition) is 6. The van der Waals surface area contributed by atoms with Crippen LogP contribution in [0.25, 0.3) is 4.96 Å². The number of rotatable bonds is 5. The number of nitrogens with zero attached hydrogens (tertiary/aromatic N) is 4. The van der Waals surface area contributed by atoms with Crippen LogP contribution in [0, 0.1) is 17.1 Å². The van der Waals surface area contributed by atoms with Crippen molar-refractivity contribution in [3.63, 3.8) is 0 Å². The molecule has 0 fully saturated rings. The summed E-state index contributed by atoms with van der Waals surface area (Å²) >= 11 is 1.48. The van der Waals surface area contributed by atoms with Gasteiger partial charge in [-0.05, 0) is 12.1 Å². The molecule has 2 N–H and O–H groups in total. The van der Waals surface area contributed by atoms with E-state index in [0.717, 1.165) is 15.8 Å². The lowest BCUT2D eigenvalue weighted by molar-refractivity contribution is 0.572. The van der Waals surface area contributed by atoms with Gasteiger partial charge in [-0.25, -0.2) is 13.9 Å². The highest BCUT2D eigenvalue weighted by molar-refractivity contribution is 7.20. The van der Waals surface area contributed by atoms with E-state index in [4.69, 9.17) is 5.26 Å². The molecule has 0 bridgehead atoms. The lowest BCUT2D eigenvalue weighted by Gasteiger charge is -2.13. The first kappa shape index (κ1) is 17.2. The van der Waals surface area contributed by atoms with Crippen molar-refractivity contribution in [1.29, 1.82) is 5.26 Å².